The predicted molar refractivity (Wildman–Crippen MR) is 65.8 cm³/mol. The Kier molecular flexibility index (Phi) is 5.34. The van der Waals surface area contributed by atoms with E-state index in [4.69, 9.17) is 0 Å². The minimum absolute atomic E-state index is 0.157. The standard InChI is InChI=1S/C11H13BrF2N2O/c1-2-3-15-10(17)6-16-11-8(13)4-7(12)5-9(11)14/h4-5,16H,2-3,6H2,1H3,(H,15,17). The van der Waals surface area contributed by atoms with Gasteiger partial charge in [-0.05, 0) is 18.6 Å². The Balaban J connectivity index is 2.60. The lowest BCUT2D eigenvalue weighted by Crippen LogP contribution is -2.30. The van der Waals surface area contributed by atoms with E-state index in [1.54, 1.807) is 0 Å². The molecule has 94 valence electrons. The topological polar surface area (TPSA) is 41.1 Å². The van der Waals surface area contributed by atoms with Gasteiger partial charge in [-0.2, -0.15) is 0 Å². The van der Waals surface area contributed by atoms with Crippen molar-refractivity contribution in [3.8, 4) is 0 Å². The zero-order valence-electron chi connectivity index (χ0n) is 9.32. The molecular formula is C11H13BrF2N2O. The molecule has 2 N–H and O–H groups in total. The molecule has 0 atom stereocenters. The molecule has 1 aromatic carbocycles. The lowest BCUT2D eigenvalue weighted by Gasteiger charge is -2.09. The molecule has 0 aliphatic carbocycles. The van der Waals surface area contributed by atoms with Crippen molar-refractivity contribution in [2.75, 3.05) is 18.4 Å². The van der Waals surface area contributed by atoms with Crippen LogP contribution < -0.4 is 10.6 Å². The SMILES string of the molecule is CCCNC(=O)CNc1c(F)cc(Br)cc1F. The molecule has 0 aromatic heterocycles. The Morgan fingerprint density at radius 3 is 2.47 bits per heavy atom. The van der Waals surface area contributed by atoms with Crippen LogP contribution in [0.3, 0.4) is 0 Å². The van der Waals surface area contributed by atoms with Crippen molar-refractivity contribution >= 4 is 27.5 Å². The fourth-order valence-electron chi connectivity index (χ4n) is 1.21. The fourth-order valence-corrected chi connectivity index (χ4v) is 1.61. The van der Waals surface area contributed by atoms with E-state index in [0.717, 1.165) is 18.6 Å². The highest BCUT2D eigenvalue weighted by molar-refractivity contribution is 9.10. The summed E-state index contributed by atoms with van der Waals surface area (Å²) < 4.78 is 27.0. The first kappa shape index (κ1) is 13.9. The lowest BCUT2D eigenvalue weighted by molar-refractivity contribution is -0.119. The van der Waals surface area contributed by atoms with E-state index in [9.17, 15) is 13.6 Å². The molecule has 17 heavy (non-hydrogen) atoms. The third kappa shape index (κ3) is 4.30. The van der Waals surface area contributed by atoms with Crippen LogP contribution in [-0.4, -0.2) is 19.0 Å². The normalized spacial score (nSPS) is 10.1. The van der Waals surface area contributed by atoms with Gasteiger partial charge >= 0.3 is 0 Å². The predicted octanol–water partition coefficient (Wildman–Crippen LogP) is 2.67. The van der Waals surface area contributed by atoms with Crippen LogP contribution in [0.15, 0.2) is 16.6 Å². The Bertz CT molecular complexity index is 389. The average Bonchev–Trinajstić information content (AvgIpc) is 2.24. The molecule has 6 heteroatoms. The minimum Gasteiger partial charge on any atom is -0.371 e. The third-order valence-electron chi connectivity index (χ3n) is 2.00. The first-order valence-corrected chi connectivity index (χ1v) is 5.99. The summed E-state index contributed by atoms with van der Waals surface area (Å²) in [5.41, 5.74) is -0.292. The summed E-state index contributed by atoms with van der Waals surface area (Å²) in [6.45, 7) is 2.31. The highest BCUT2D eigenvalue weighted by atomic mass is 79.9. The highest BCUT2D eigenvalue weighted by Crippen LogP contribution is 2.23. The quantitative estimate of drug-likeness (QED) is 0.878. The van der Waals surface area contributed by atoms with E-state index in [-0.39, 0.29) is 18.1 Å². The molecule has 0 fully saturated rings. The lowest BCUT2D eigenvalue weighted by atomic mass is 10.3. The van der Waals surface area contributed by atoms with Crippen molar-refractivity contribution in [1.29, 1.82) is 0 Å². The van der Waals surface area contributed by atoms with Crippen molar-refractivity contribution in [1.82, 2.24) is 5.32 Å². The zero-order valence-corrected chi connectivity index (χ0v) is 10.9. The van der Waals surface area contributed by atoms with E-state index >= 15 is 0 Å². The highest BCUT2D eigenvalue weighted by Gasteiger charge is 2.11. The summed E-state index contributed by atoms with van der Waals surface area (Å²) in [4.78, 5) is 11.2. The summed E-state index contributed by atoms with van der Waals surface area (Å²) in [5.74, 6) is -1.77. The Hall–Kier alpha value is -1.17. The summed E-state index contributed by atoms with van der Waals surface area (Å²) in [5, 5.41) is 5.03. The van der Waals surface area contributed by atoms with Crippen molar-refractivity contribution in [3.05, 3.63) is 28.2 Å². The summed E-state index contributed by atoms with van der Waals surface area (Å²) in [6.07, 6.45) is 0.812. The van der Waals surface area contributed by atoms with E-state index in [2.05, 4.69) is 26.6 Å². The van der Waals surface area contributed by atoms with Gasteiger partial charge in [0.2, 0.25) is 5.91 Å². The number of rotatable bonds is 5. The monoisotopic (exact) mass is 306 g/mol. The third-order valence-corrected chi connectivity index (χ3v) is 2.46. The molecule has 0 unspecified atom stereocenters. The molecule has 0 heterocycles. The van der Waals surface area contributed by atoms with Crippen LogP contribution in [0.4, 0.5) is 14.5 Å². The number of benzene rings is 1. The molecular weight excluding hydrogens is 294 g/mol. The Labute approximate surface area is 107 Å². The van der Waals surface area contributed by atoms with Crippen LogP contribution in [0.1, 0.15) is 13.3 Å². The van der Waals surface area contributed by atoms with Gasteiger partial charge < -0.3 is 10.6 Å². The van der Waals surface area contributed by atoms with Gasteiger partial charge in [0.1, 0.15) is 17.3 Å². The van der Waals surface area contributed by atoms with Crippen LogP contribution in [0.2, 0.25) is 0 Å². The smallest absolute Gasteiger partial charge is 0.239 e. The number of hydrogen-bond acceptors (Lipinski definition) is 2. The second-order valence-electron chi connectivity index (χ2n) is 3.45. The second kappa shape index (κ2) is 6.54. The second-order valence-corrected chi connectivity index (χ2v) is 4.36. The Morgan fingerprint density at radius 2 is 1.94 bits per heavy atom. The van der Waals surface area contributed by atoms with Gasteiger partial charge in [-0.3, -0.25) is 4.79 Å². The molecule has 0 saturated heterocycles. The molecule has 1 amide bonds. The molecule has 1 aromatic rings. The largest absolute Gasteiger partial charge is 0.371 e. The summed E-state index contributed by atoms with van der Waals surface area (Å²) in [7, 11) is 0. The first-order valence-electron chi connectivity index (χ1n) is 5.19. The molecule has 1 rings (SSSR count). The van der Waals surface area contributed by atoms with E-state index in [1.165, 1.54) is 0 Å². The van der Waals surface area contributed by atoms with Gasteiger partial charge in [-0.15, -0.1) is 0 Å². The van der Waals surface area contributed by atoms with Crippen LogP contribution in [-0.2, 0) is 4.79 Å². The number of anilines is 1. The van der Waals surface area contributed by atoms with Gasteiger partial charge in [0.25, 0.3) is 0 Å². The summed E-state index contributed by atoms with van der Waals surface area (Å²) in [6, 6.07) is 2.27. The molecule has 0 spiro atoms. The molecule has 0 bridgehead atoms. The number of carbonyl (C=O) groups excluding carboxylic acids is 1. The number of amides is 1. The van der Waals surface area contributed by atoms with Gasteiger partial charge in [-0.1, -0.05) is 22.9 Å². The van der Waals surface area contributed by atoms with Crippen LogP contribution in [0.25, 0.3) is 0 Å². The maximum atomic E-state index is 13.3. The maximum absolute atomic E-state index is 13.3. The average molecular weight is 307 g/mol. The fraction of sp³-hybridized carbons (Fsp3) is 0.364. The minimum atomic E-state index is -0.736. The number of carbonyl (C=O) groups is 1. The van der Waals surface area contributed by atoms with Crippen molar-refractivity contribution in [2.45, 2.75) is 13.3 Å². The number of halogens is 3. The van der Waals surface area contributed by atoms with Crippen LogP contribution >= 0.6 is 15.9 Å². The number of hydrogen-bond donors (Lipinski definition) is 2. The molecule has 0 radical (unpaired) electrons. The molecule has 3 nitrogen and oxygen atoms in total. The van der Waals surface area contributed by atoms with Crippen molar-refractivity contribution in [2.24, 2.45) is 0 Å². The van der Waals surface area contributed by atoms with Gasteiger partial charge in [0.15, 0.2) is 0 Å². The zero-order chi connectivity index (χ0) is 12.8. The molecule has 0 aliphatic rings. The summed E-state index contributed by atoms with van der Waals surface area (Å²) >= 11 is 2.97. The van der Waals surface area contributed by atoms with Gasteiger partial charge in [-0.25, -0.2) is 8.78 Å². The van der Waals surface area contributed by atoms with Crippen LogP contribution in [0.5, 0.6) is 0 Å². The maximum Gasteiger partial charge on any atom is 0.239 e. The van der Waals surface area contributed by atoms with Crippen molar-refractivity contribution < 1.29 is 13.6 Å². The van der Waals surface area contributed by atoms with Crippen molar-refractivity contribution in [3.63, 3.8) is 0 Å². The van der Waals surface area contributed by atoms with E-state index in [0.29, 0.717) is 11.0 Å². The van der Waals surface area contributed by atoms with Crippen LogP contribution in [0, 0.1) is 11.6 Å². The van der Waals surface area contributed by atoms with E-state index in [1.807, 2.05) is 6.92 Å². The number of nitrogens with one attached hydrogen (secondary N) is 2. The van der Waals surface area contributed by atoms with Gasteiger partial charge in [0, 0.05) is 11.0 Å². The van der Waals surface area contributed by atoms with E-state index < -0.39 is 11.6 Å². The first-order chi connectivity index (χ1) is 8.04. The van der Waals surface area contributed by atoms with Gasteiger partial charge in [0.05, 0.1) is 6.54 Å². The Morgan fingerprint density at radius 1 is 1.35 bits per heavy atom. The molecule has 0 saturated carbocycles. The molecule has 0 aliphatic heterocycles.